The lowest BCUT2D eigenvalue weighted by molar-refractivity contribution is 0.469. The monoisotopic (exact) mass is 327 g/mol. The van der Waals surface area contributed by atoms with Gasteiger partial charge in [-0.25, -0.2) is 4.98 Å². The lowest BCUT2D eigenvalue weighted by atomic mass is 10.2. The molecule has 0 unspecified atom stereocenters. The zero-order valence-electron chi connectivity index (χ0n) is 13.9. The van der Waals surface area contributed by atoms with Crippen molar-refractivity contribution < 1.29 is 4.74 Å². The van der Waals surface area contributed by atoms with Gasteiger partial charge in [0.2, 0.25) is 5.88 Å². The number of para-hydroxylation sites is 1. The summed E-state index contributed by atoms with van der Waals surface area (Å²) >= 11 is 0. The summed E-state index contributed by atoms with van der Waals surface area (Å²) in [5.41, 5.74) is 2.98. The third-order valence-corrected chi connectivity index (χ3v) is 4.03. The van der Waals surface area contributed by atoms with Crippen LogP contribution in [0.2, 0.25) is 0 Å². The molecule has 0 bridgehead atoms. The first-order valence-corrected chi connectivity index (χ1v) is 8.27. The Kier molecular flexibility index (Phi) is 4.09. The predicted molar refractivity (Wildman–Crippen MR) is 98.7 cm³/mol. The molecule has 0 radical (unpaired) electrons. The predicted octanol–water partition coefficient (Wildman–Crippen LogP) is 5.05. The molecule has 0 aliphatic rings. The highest BCUT2D eigenvalue weighted by Gasteiger charge is 2.11. The van der Waals surface area contributed by atoms with Gasteiger partial charge in [0.15, 0.2) is 5.82 Å². The van der Waals surface area contributed by atoms with E-state index in [2.05, 4.69) is 34.0 Å². The second-order valence-electron chi connectivity index (χ2n) is 5.71. The first-order chi connectivity index (χ1) is 12.3. The standard InChI is InChI=1S/C21H17N3O/c1-2-15-9-11-17(12-10-15)25-21-18-7-3-4-8-19(18)23-20(24-21)16-6-5-13-22-14-16/h3-14H,2H2,1H3. The number of ether oxygens (including phenoxy) is 1. The Morgan fingerprint density at radius 3 is 2.48 bits per heavy atom. The zero-order chi connectivity index (χ0) is 17.1. The molecule has 0 aliphatic heterocycles. The van der Waals surface area contributed by atoms with E-state index in [9.17, 15) is 0 Å². The van der Waals surface area contributed by atoms with Crippen molar-refractivity contribution in [2.45, 2.75) is 13.3 Å². The lowest BCUT2D eigenvalue weighted by Crippen LogP contribution is -1.96. The molecule has 0 spiro atoms. The molecule has 25 heavy (non-hydrogen) atoms. The quantitative estimate of drug-likeness (QED) is 0.526. The van der Waals surface area contributed by atoms with Gasteiger partial charge >= 0.3 is 0 Å². The van der Waals surface area contributed by atoms with E-state index in [4.69, 9.17) is 4.74 Å². The Morgan fingerprint density at radius 1 is 0.880 bits per heavy atom. The van der Waals surface area contributed by atoms with Gasteiger partial charge in [-0.3, -0.25) is 4.98 Å². The molecule has 0 fully saturated rings. The number of benzene rings is 2. The van der Waals surface area contributed by atoms with E-state index < -0.39 is 0 Å². The molecule has 122 valence electrons. The summed E-state index contributed by atoms with van der Waals surface area (Å²) in [5.74, 6) is 1.92. The van der Waals surface area contributed by atoms with Crippen LogP contribution in [0.3, 0.4) is 0 Å². The van der Waals surface area contributed by atoms with Crippen molar-refractivity contribution in [2.24, 2.45) is 0 Å². The number of hydrogen-bond acceptors (Lipinski definition) is 4. The van der Waals surface area contributed by atoms with Crippen molar-refractivity contribution in [1.82, 2.24) is 15.0 Å². The molecule has 0 aliphatic carbocycles. The third-order valence-electron chi connectivity index (χ3n) is 4.03. The Labute approximate surface area is 146 Å². The first-order valence-electron chi connectivity index (χ1n) is 8.27. The molecule has 0 saturated carbocycles. The van der Waals surface area contributed by atoms with Gasteiger partial charge in [0.05, 0.1) is 10.9 Å². The summed E-state index contributed by atoms with van der Waals surface area (Å²) in [6.07, 6.45) is 4.49. The minimum atomic E-state index is 0.550. The van der Waals surface area contributed by atoms with Gasteiger partial charge in [-0.05, 0) is 48.4 Å². The highest BCUT2D eigenvalue weighted by molar-refractivity contribution is 5.85. The van der Waals surface area contributed by atoms with Crippen molar-refractivity contribution in [3.63, 3.8) is 0 Å². The van der Waals surface area contributed by atoms with Crippen LogP contribution in [0.15, 0.2) is 73.1 Å². The maximum absolute atomic E-state index is 6.08. The van der Waals surface area contributed by atoms with Gasteiger partial charge in [0, 0.05) is 18.0 Å². The van der Waals surface area contributed by atoms with E-state index in [1.807, 2.05) is 48.5 Å². The topological polar surface area (TPSA) is 47.9 Å². The molecule has 4 rings (SSSR count). The molecule has 4 nitrogen and oxygen atoms in total. The van der Waals surface area contributed by atoms with E-state index in [0.717, 1.165) is 28.6 Å². The molecule has 2 heterocycles. The van der Waals surface area contributed by atoms with Crippen LogP contribution in [-0.2, 0) is 6.42 Å². The number of nitrogens with zero attached hydrogens (tertiary/aromatic N) is 3. The van der Waals surface area contributed by atoms with Crippen molar-refractivity contribution in [2.75, 3.05) is 0 Å². The molecule has 4 aromatic rings. The number of fused-ring (bicyclic) bond motifs is 1. The maximum atomic E-state index is 6.08. The minimum absolute atomic E-state index is 0.550. The Hall–Kier alpha value is -3.27. The Bertz CT molecular complexity index is 998. The molecule has 4 heteroatoms. The first kappa shape index (κ1) is 15.3. The Morgan fingerprint density at radius 2 is 1.72 bits per heavy atom. The van der Waals surface area contributed by atoms with Crippen molar-refractivity contribution in [3.05, 3.63) is 78.6 Å². The Balaban J connectivity index is 1.80. The number of aromatic nitrogens is 3. The van der Waals surface area contributed by atoms with Gasteiger partial charge in [-0.15, -0.1) is 0 Å². The van der Waals surface area contributed by atoms with Gasteiger partial charge < -0.3 is 4.74 Å². The average molecular weight is 327 g/mol. The van der Waals surface area contributed by atoms with E-state index in [1.54, 1.807) is 12.4 Å². The highest BCUT2D eigenvalue weighted by atomic mass is 16.5. The molecular weight excluding hydrogens is 310 g/mol. The van der Waals surface area contributed by atoms with Crippen molar-refractivity contribution >= 4 is 10.9 Å². The van der Waals surface area contributed by atoms with Crippen molar-refractivity contribution in [1.29, 1.82) is 0 Å². The van der Waals surface area contributed by atoms with Gasteiger partial charge in [0.1, 0.15) is 5.75 Å². The lowest BCUT2D eigenvalue weighted by Gasteiger charge is -2.10. The van der Waals surface area contributed by atoms with E-state index in [1.165, 1.54) is 5.56 Å². The summed E-state index contributed by atoms with van der Waals surface area (Å²) in [4.78, 5) is 13.4. The largest absolute Gasteiger partial charge is 0.438 e. The molecular formula is C21H17N3O. The fourth-order valence-corrected chi connectivity index (χ4v) is 2.65. The molecule has 0 amide bonds. The summed E-state index contributed by atoms with van der Waals surface area (Å²) in [7, 11) is 0. The van der Waals surface area contributed by atoms with E-state index >= 15 is 0 Å². The van der Waals surface area contributed by atoms with Gasteiger partial charge in [-0.2, -0.15) is 4.98 Å². The number of aryl methyl sites for hydroxylation is 1. The van der Waals surface area contributed by atoms with E-state index in [-0.39, 0.29) is 0 Å². The maximum Gasteiger partial charge on any atom is 0.230 e. The van der Waals surface area contributed by atoms with Crippen LogP contribution < -0.4 is 4.74 Å². The van der Waals surface area contributed by atoms with E-state index in [0.29, 0.717) is 11.7 Å². The second-order valence-corrected chi connectivity index (χ2v) is 5.71. The fourth-order valence-electron chi connectivity index (χ4n) is 2.65. The van der Waals surface area contributed by atoms with Crippen LogP contribution in [0.4, 0.5) is 0 Å². The van der Waals surface area contributed by atoms with Crippen molar-refractivity contribution in [3.8, 4) is 23.0 Å². The van der Waals surface area contributed by atoms with Crippen LogP contribution in [0.5, 0.6) is 11.6 Å². The van der Waals surface area contributed by atoms with Crippen LogP contribution in [0, 0.1) is 0 Å². The van der Waals surface area contributed by atoms with Crippen LogP contribution in [-0.4, -0.2) is 15.0 Å². The number of pyridine rings is 1. The molecule has 0 saturated heterocycles. The highest BCUT2D eigenvalue weighted by Crippen LogP contribution is 2.30. The molecule has 2 aromatic heterocycles. The number of hydrogen-bond donors (Lipinski definition) is 0. The summed E-state index contributed by atoms with van der Waals surface area (Å²) < 4.78 is 6.08. The summed E-state index contributed by atoms with van der Waals surface area (Å²) in [6, 6.07) is 19.8. The minimum Gasteiger partial charge on any atom is -0.438 e. The van der Waals surface area contributed by atoms with Crippen LogP contribution in [0.1, 0.15) is 12.5 Å². The normalized spacial score (nSPS) is 10.8. The second kappa shape index (κ2) is 6.69. The smallest absolute Gasteiger partial charge is 0.230 e. The molecule has 0 atom stereocenters. The SMILES string of the molecule is CCc1ccc(Oc2nc(-c3cccnc3)nc3ccccc23)cc1. The molecule has 0 N–H and O–H groups in total. The molecule has 2 aromatic carbocycles. The van der Waals surface area contributed by atoms with Crippen LogP contribution in [0.25, 0.3) is 22.3 Å². The summed E-state index contributed by atoms with van der Waals surface area (Å²) in [6.45, 7) is 2.13. The average Bonchev–Trinajstić information content (AvgIpc) is 2.69. The zero-order valence-corrected chi connectivity index (χ0v) is 13.9. The fraction of sp³-hybridized carbons (Fsp3) is 0.0952. The van der Waals surface area contributed by atoms with Crippen LogP contribution >= 0.6 is 0 Å². The summed E-state index contributed by atoms with van der Waals surface area (Å²) in [5, 5.41) is 0.884. The van der Waals surface area contributed by atoms with Gasteiger partial charge in [-0.1, -0.05) is 31.2 Å². The number of rotatable bonds is 4. The third kappa shape index (κ3) is 3.19. The van der Waals surface area contributed by atoms with Gasteiger partial charge in [0.25, 0.3) is 0 Å².